The molecular formula is C9H14F3N. The van der Waals surface area contributed by atoms with E-state index in [1.807, 2.05) is 0 Å². The van der Waals surface area contributed by atoms with E-state index in [0.717, 1.165) is 25.9 Å². The fraction of sp³-hybridized carbons (Fsp3) is 1.00. The molecule has 1 spiro atoms. The highest BCUT2D eigenvalue weighted by molar-refractivity contribution is 5.08. The summed E-state index contributed by atoms with van der Waals surface area (Å²) in [6.45, 7) is 3.59. The van der Waals surface area contributed by atoms with Crippen molar-refractivity contribution in [3.8, 4) is 0 Å². The Morgan fingerprint density at radius 3 is 2.08 bits per heavy atom. The van der Waals surface area contributed by atoms with E-state index >= 15 is 0 Å². The van der Waals surface area contributed by atoms with Gasteiger partial charge < -0.3 is 5.32 Å². The topological polar surface area (TPSA) is 12.0 Å². The number of hydrogen-bond acceptors (Lipinski definition) is 1. The number of rotatable bonds is 1. The molecule has 2 rings (SSSR count). The van der Waals surface area contributed by atoms with Gasteiger partial charge in [-0.05, 0) is 23.7 Å². The number of nitrogens with one attached hydrogen (secondary N) is 1. The van der Waals surface area contributed by atoms with E-state index in [2.05, 4.69) is 5.32 Å². The fourth-order valence-corrected chi connectivity index (χ4v) is 3.10. The molecule has 0 aromatic rings. The van der Waals surface area contributed by atoms with Gasteiger partial charge in [-0.2, -0.15) is 13.2 Å². The van der Waals surface area contributed by atoms with E-state index in [-0.39, 0.29) is 5.41 Å². The third-order valence-corrected chi connectivity index (χ3v) is 3.23. The van der Waals surface area contributed by atoms with Crippen LogP contribution in [0.4, 0.5) is 13.2 Å². The van der Waals surface area contributed by atoms with Crippen LogP contribution in [0.5, 0.6) is 0 Å². The Labute approximate surface area is 75.7 Å². The predicted octanol–water partition coefficient (Wildman–Crippen LogP) is 2.33. The summed E-state index contributed by atoms with van der Waals surface area (Å²) >= 11 is 0. The zero-order chi connectivity index (χ0) is 9.74. The third kappa shape index (κ3) is 1.68. The van der Waals surface area contributed by atoms with Crippen LogP contribution in [-0.2, 0) is 0 Å². The second-order valence-electron chi connectivity index (χ2n) is 5.06. The first-order valence-electron chi connectivity index (χ1n) is 4.60. The SMILES string of the molecule is CC1(CC(F)(F)F)CC2(CNC2)C1. The molecule has 1 aliphatic heterocycles. The summed E-state index contributed by atoms with van der Waals surface area (Å²) < 4.78 is 36.4. The maximum atomic E-state index is 12.1. The highest BCUT2D eigenvalue weighted by atomic mass is 19.4. The lowest BCUT2D eigenvalue weighted by atomic mass is 9.50. The van der Waals surface area contributed by atoms with E-state index in [0.29, 0.717) is 0 Å². The number of hydrogen-bond donors (Lipinski definition) is 1. The monoisotopic (exact) mass is 193 g/mol. The van der Waals surface area contributed by atoms with Gasteiger partial charge in [-0.15, -0.1) is 0 Å². The molecule has 1 nitrogen and oxygen atoms in total. The summed E-state index contributed by atoms with van der Waals surface area (Å²) in [5.41, 5.74) is -0.236. The van der Waals surface area contributed by atoms with Gasteiger partial charge in [0.15, 0.2) is 0 Å². The van der Waals surface area contributed by atoms with Crippen molar-refractivity contribution in [2.45, 2.75) is 32.4 Å². The van der Waals surface area contributed by atoms with Gasteiger partial charge in [0.1, 0.15) is 0 Å². The Balaban J connectivity index is 1.88. The normalized spacial score (nSPS) is 29.5. The van der Waals surface area contributed by atoms with Crippen LogP contribution in [0.3, 0.4) is 0 Å². The zero-order valence-electron chi connectivity index (χ0n) is 7.67. The Morgan fingerprint density at radius 1 is 1.23 bits per heavy atom. The van der Waals surface area contributed by atoms with Crippen molar-refractivity contribution in [3.05, 3.63) is 0 Å². The molecule has 1 heterocycles. The Kier molecular flexibility index (Phi) is 1.72. The van der Waals surface area contributed by atoms with E-state index < -0.39 is 18.0 Å². The van der Waals surface area contributed by atoms with Gasteiger partial charge in [-0.25, -0.2) is 0 Å². The molecule has 76 valence electrons. The molecule has 0 radical (unpaired) electrons. The van der Waals surface area contributed by atoms with E-state index in [4.69, 9.17) is 0 Å². The van der Waals surface area contributed by atoms with Gasteiger partial charge in [0.2, 0.25) is 0 Å². The molecule has 0 aromatic heterocycles. The molecule has 0 aromatic carbocycles. The first-order valence-corrected chi connectivity index (χ1v) is 4.60. The van der Waals surface area contributed by atoms with Crippen LogP contribution in [0.25, 0.3) is 0 Å². The van der Waals surface area contributed by atoms with Gasteiger partial charge in [-0.3, -0.25) is 0 Å². The number of alkyl halides is 3. The molecule has 4 heteroatoms. The standard InChI is InChI=1S/C9H14F3N/c1-7(4-9(10,11)12)2-8(3-7)5-13-6-8/h13H,2-6H2,1H3. The second kappa shape index (κ2) is 2.41. The van der Waals surface area contributed by atoms with Crippen LogP contribution >= 0.6 is 0 Å². The van der Waals surface area contributed by atoms with Crippen molar-refractivity contribution in [1.29, 1.82) is 0 Å². The Morgan fingerprint density at radius 2 is 1.77 bits per heavy atom. The molecule has 1 N–H and O–H groups in total. The maximum absolute atomic E-state index is 12.1. The van der Waals surface area contributed by atoms with Crippen molar-refractivity contribution in [2.24, 2.45) is 10.8 Å². The molecule has 0 amide bonds. The summed E-state index contributed by atoms with van der Waals surface area (Å²) in [4.78, 5) is 0. The fourth-order valence-electron chi connectivity index (χ4n) is 3.10. The molecule has 1 saturated heterocycles. The van der Waals surface area contributed by atoms with E-state index in [1.165, 1.54) is 0 Å². The van der Waals surface area contributed by atoms with Crippen LogP contribution < -0.4 is 5.32 Å². The van der Waals surface area contributed by atoms with Crippen LogP contribution in [-0.4, -0.2) is 19.3 Å². The van der Waals surface area contributed by atoms with Gasteiger partial charge >= 0.3 is 6.18 Å². The van der Waals surface area contributed by atoms with E-state index in [1.54, 1.807) is 6.92 Å². The van der Waals surface area contributed by atoms with Crippen molar-refractivity contribution in [1.82, 2.24) is 5.32 Å². The van der Waals surface area contributed by atoms with Crippen LogP contribution in [0.15, 0.2) is 0 Å². The van der Waals surface area contributed by atoms with Crippen molar-refractivity contribution >= 4 is 0 Å². The average molecular weight is 193 g/mol. The highest BCUT2D eigenvalue weighted by Crippen LogP contribution is 2.59. The quantitative estimate of drug-likeness (QED) is 0.674. The molecule has 1 aliphatic carbocycles. The summed E-state index contributed by atoms with van der Waals surface area (Å²) in [6.07, 6.45) is -3.12. The predicted molar refractivity (Wildman–Crippen MR) is 43.3 cm³/mol. The summed E-state index contributed by atoms with van der Waals surface area (Å²) in [5.74, 6) is 0. The van der Waals surface area contributed by atoms with Crippen molar-refractivity contribution in [2.75, 3.05) is 13.1 Å². The lowest BCUT2D eigenvalue weighted by molar-refractivity contribution is -0.191. The van der Waals surface area contributed by atoms with Crippen molar-refractivity contribution in [3.63, 3.8) is 0 Å². The second-order valence-corrected chi connectivity index (χ2v) is 5.06. The van der Waals surface area contributed by atoms with Gasteiger partial charge in [-0.1, -0.05) is 6.92 Å². The van der Waals surface area contributed by atoms with Crippen LogP contribution in [0, 0.1) is 10.8 Å². The molecule has 1 saturated carbocycles. The zero-order valence-corrected chi connectivity index (χ0v) is 7.67. The van der Waals surface area contributed by atoms with Crippen LogP contribution in [0.1, 0.15) is 26.2 Å². The Bertz CT molecular complexity index is 209. The minimum absolute atomic E-state index is 0.236. The Hall–Kier alpha value is -0.250. The number of halogens is 3. The summed E-state index contributed by atoms with van der Waals surface area (Å²) in [5, 5.41) is 3.12. The molecular weight excluding hydrogens is 179 g/mol. The summed E-state index contributed by atoms with van der Waals surface area (Å²) in [6, 6.07) is 0. The average Bonchev–Trinajstić information content (AvgIpc) is 1.73. The molecule has 2 aliphatic rings. The summed E-state index contributed by atoms with van der Waals surface area (Å²) in [7, 11) is 0. The minimum Gasteiger partial charge on any atom is -0.316 e. The van der Waals surface area contributed by atoms with E-state index in [9.17, 15) is 13.2 Å². The maximum Gasteiger partial charge on any atom is 0.389 e. The molecule has 0 atom stereocenters. The van der Waals surface area contributed by atoms with Crippen LogP contribution in [0.2, 0.25) is 0 Å². The molecule has 13 heavy (non-hydrogen) atoms. The highest BCUT2D eigenvalue weighted by Gasteiger charge is 2.57. The van der Waals surface area contributed by atoms with Crippen molar-refractivity contribution < 1.29 is 13.2 Å². The molecule has 2 fully saturated rings. The lowest BCUT2D eigenvalue weighted by Gasteiger charge is -2.60. The smallest absolute Gasteiger partial charge is 0.316 e. The first kappa shape index (κ1) is 9.31. The molecule has 0 bridgehead atoms. The van der Waals surface area contributed by atoms with Gasteiger partial charge in [0.05, 0.1) is 0 Å². The van der Waals surface area contributed by atoms with Gasteiger partial charge in [0.25, 0.3) is 0 Å². The third-order valence-electron chi connectivity index (χ3n) is 3.23. The largest absolute Gasteiger partial charge is 0.389 e. The van der Waals surface area contributed by atoms with Gasteiger partial charge in [0, 0.05) is 19.5 Å². The minimum atomic E-state index is -3.99. The molecule has 0 unspecified atom stereocenters. The lowest BCUT2D eigenvalue weighted by Crippen LogP contribution is -2.63. The first-order chi connectivity index (χ1) is 5.83.